The van der Waals surface area contributed by atoms with Crippen LogP contribution < -0.4 is 15.6 Å². The molecule has 0 aliphatic carbocycles. The van der Waals surface area contributed by atoms with Crippen LogP contribution in [0.2, 0.25) is 0 Å². The van der Waals surface area contributed by atoms with E-state index in [4.69, 9.17) is 17.0 Å². The predicted octanol–water partition coefficient (Wildman–Crippen LogP) is 2.11. The zero-order valence-electron chi connectivity index (χ0n) is 12.4. The smallest absolute Gasteiger partial charge is 0.269 e. The van der Waals surface area contributed by atoms with Crippen molar-refractivity contribution in [3.63, 3.8) is 0 Å². The number of hydrogen-bond acceptors (Lipinski definition) is 5. The first-order chi connectivity index (χ1) is 11.0. The van der Waals surface area contributed by atoms with Gasteiger partial charge in [0, 0.05) is 11.6 Å². The topological polar surface area (TPSA) is 90.8 Å². The lowest BCUT2D eigenvalue weighted by molar-refractivity contribution is 0.0944. The third-order valence-corrected chi connectivity index (χ3v) is 3.26. The molecule has 0 spiro atoms. The number of nitrogens with one attached hydrogen (secondary N) is 2. The fraction of sp³-hybridized carbons (Fsp3) is 0.125. The second-order valence-corrected chi connectivity index (χ2v) is 4.98. The SMILES string of the molecule is CCOc1ccc(C(=O)NNC(=S)c2ccc(O)cc2O)cc1. The summed E-state index contributed by atoms with van der Waals surface area (Å²) in [6.07, 6.45) is 0. The molecule has 0 saturated carbocycles. The highest BCUT2D eigenvalue weighted by Crippen LogP contribution is 2.22. The first-order valence-electron chi connectivity index (χ1n) is 6.86. The number of carbonyl (C=O) groups is 1. The summed E-state index contributed by atoms with van der Waals surface area (Å²) >= 11 is 5.09. The molecule has 2 aromatic carbocycles. The van der Waals surface area contributed by atoms with Crippen molar-refractivity contribution in [2.75, 3.05) is 6.61 Å². The van der Waals surface area contributed by atoms with Gasteiger partial charge in [-0.3, -0.25) is 15.6 Å². The number of phenolic OH excluding ortho intramolecular Hbond substituents is 2. The van der Waals surface area contributed by atoms with Crippen LogP contribution in [-0.4, -0.2) is 27.7 Å². The fourth-order valence-corrected chi connectivity index (χ4v) is 2.06. The molecule has 7 heteroatoms. The molecule has 1 amide bonds. The Labute approximate surface area is 138 Å². The zero-order valence-corrected chi connectivity index (χ0v) is 13.2. The van der Waals surface area contributed by atoms with Crippen LogP contribution >= 0.6 is 12.2 Å². The average Bonchev–Trinajstić information content (AvgIpc) is 2.53. The molecule has 0 aliphatic heterocycles. The van der Waals surface area contributed by atoms with Gasteiger partial charge in [0.2, 0.25) is 0 Å². The van der Waals surface area contributed by atoms with Crippen LogP contribution in [-0.2, 0) is 0 Å². The maximum atomic E-state index is 12.0. The summed E-state index contributed by atoms with van der Waals surface area (Å²) in [5, 5.41) is 19.0. The van der Waals surface area contributed by atoms with E-state index in [9.17, 15) is 15.0 Å². The molecule has 6 nitrogen and oxygen atoms in total. The van der Waals surface area contributed by atoms with E-state index in [0.717, 1.165) is 6.07 Å². The minimum absolute atomic E-state index is 0.0764. The van der Waals surface area contributed by atoms with E-state index in [1.807, 2.05) is 6.92 Å². The Kier molecular flexibility index (Phi) is 5.37. The number of aromatic hydroxyl groups is 2. The molecule has 0 aliphatic rings. The van der Waals surface area contributed by atoms with Crippen molar-refractivity contribution in [1.82, 2.24) is 10.9 Å². The number of phenols is 2. The van der Waals surface area contributed by atoms with Crippen LogP contribution in [0.5, 0.6) is 17.2 Å². The molecule has 0 saturated heterocycles. The van der Waals surface area contributed by atoms with Gasteiger partial charge in [-0.1, -0.05) is 12.2 Å². The maximum Gasteiger partial charge on any atom is 0.269 e. The van der Waals surface area contributed by atoms with Crippen molar-refractivity contribution in [3.05, 3.63) is 53.6 Å². The van der Waals surface area contributed by atoms with Gasteiger partial charge in [-0.05, 0) is 43.3 Å². The predicted molar refractivity (Wildman–Crippen MR) is 89.7 cm³/mol. The molecule has 0 fully saturated rings. The molecule has 0 aromatic heterocycles. The number of benzene rings is 2. The number of rotatable bonds is 4. The molecule has 0 atom stereocenters. The quantitative estimate of drug-likeness (QED) is 0.506. The van der Waals surface area contributed by atoms with Crippen LogP contribution in [0.3, 0.4) is 0 Å². The number of ether oxygens (including phenoxy) is 1. The molecule has 0 heterocycles. The van der Waals surface area contributed by atoms with E-state index in [1.54, 1.807) is 24.3 Å². The number of hydrogen-bond donors (Lipinski definition) is 4. The van der Waals surface area contributed by atoms with Crippen molar-refractivity contribution in [2.45, 2.75) is 6.92 Å². The monoisotopic (exact) mass is 332 g/mol. The minimum Gasteiger partial charge on any atom is -0.508 e. The highest BCUT2D eigenvalue weighted by molar-refractivity contribution is 7.80. The summed E-state index contributed by atoms with van der Waals surface area (Å²) < 4.78 is 5.30. The largest absolute Gasteiger partial charge is 0.508 e. The lowest BCUT2D eigenvalue weighted by Gasteiger charge is -2.11. The average molecular weight is 332 g/mol. The fourth-order valence-electron chi connectivity index (χ4n) is 1.83. The van der Waals surface area contributed by atoms with Gasteiger partial charge in [0.15, 0.2) is 0 Å². The highest BCUT2D eigenvalue weighted by Gasteiger charge is 2.10. The van der Waals surface area contributed by atoms with Crippen LogP contribution in [0.4, 0.5) is 0 Å². The lowest BCUT2D eigenvalue weighted by Crippen LogP contribution is -2.41. The van der Waals surface area contributed by atoms with Gasteiger partial charge >= 0.3 is 0 Å². The van der Waals surface area contributed by atoms with Gasteiger partial charge in [0.05, 0.1) is 12.2 Å². The Morgan fingerprint density at radius 3 is 2.43 bits per heavy atom. The van der Waals surface area contributed by atoms with Gasteiger partial charge in [-0.25, -0.2) is 0 Å². The van der Waals surface area contributed by atoms with Gasteiger partial charge in [0.1, 0.15) is 22.2 Å². The van der Waals surface area contributed by atoms with Gasteiger partial charge in [-0.2, -0.15) is 0 Å². The van der Waals surface area contributed by atoms with E-state index in [-0.39, 0.29) is 22.4 Å². The van der Waals surface area contributed by atoms with E-state index in [2.05, 4.69) is 10.9 Å². The second-order valence-electron chi connectivity index (χ2n) is 4.57. The third-order valence-electron chi connectivity index (χ3n) is 2.94. The number of carbonyl (C=O) groups excluding carboxylic acids is 1. The second kappa shape index (κ2) is 7.46. The third kappa shape index (κ3) is 4.33. The first kappa shape index (κ1) is 16.6. The van der Waals surface area contributed by atoms with E-state index in [1.165, 1.54) is 12.1 Å². The summed E-state index contributed by atoms with van der Waals surface area (Å²) in [6, 6.07) is 10.6. The van der Waals surface area contributed by atoms with Gasteiger partial charge < -0.3 is 14.9 Å². The van der Waals surface area contributed by atoms with Crippen LogP contribution in [0.25, 0.3) is 0 Å². The highest BCUT2D eigenvalue weighted by atomic mass is 32.1. The Hall–Kier alpha value is -2.80. The van der Waals surface area contributed by atoms with Crippen molar-refractivity contribution < 1.29 is 19.7 Å². The van der Waals surface area contributed by atoms with Crippen LogP contribution in [0.1, 0.15) is 22.8 Å². The van der Waals surface area contributed by atoms with Crippen molar-refractivity contribution in [2.24, 2.45) is 0 Å². The number of amides is 1. The van der Waals surface area contributed by atoms with Gasteiger partial charge in [-0.15, -0.1) is 0 Å². The summed E-state index contributed by atoms with van der Waals surface area (Å²) in [5.74, 6) is 0.0421. The Balaban J connectivity index is 1.96. The van der Waals surface area contributed by atoms with Crippen molar-refractivity contribution in [3.8, 4) is 17.2 Å². The Morgan fingerprint density at radius 1 is 1.13 bits per heavy atom. The minimum atomic E-state index is -0.381. The van der Waals surface area contributed by atoms with E-state index < -0.39 is 0 Å². The summed E-state index contributed by atoms with van der Waals surface area (Å²) in [5.41, 5.74) is 5.73. The molecular formula is C16H16N2O4S. The first-order valence-corrected chi connectivity index (χ1v) is 7.27. The van der Waals surface area contributed by atoms with E-state index >= 15 is 0 Å². The molecule has 0 unspecified atom stereocenters. The summed E-state index contributed by atoms with van der Waals surface area (Å²) in [4.78, 5) is 12.1. The number of hydrazine groups is 1. The van der Waals surface area contributed by atoms with Crippen LogP contribution in [0, 0.1) is 0 Å². The molecule has 120 valence electrons. The molecule has 0 radical (unpaired) electrons. The Bertz CT molecular complexity index is 717. The molecule has 0 bridgehead atoms. The van der Waals surface area contributed by atoms with Gasteiger partial charge in [0.25, 0.3) is 5.91 Å². The normalized spacial score (nSPS) is 9.96. The van der Waals surface area contributed by atoms with Crippen molar-refractivity contribution in [1.29, 1.82) is 0 Å². The van der Waals surface area contributed by atoms with Crippen LogP contribution in [0.15, 0.2) is 42.5 Å². The molecule has 4 N–H and O–H groups in total. The zero-order chi connectivity index (χ0) is 16.8. The molecular weight excluding hydrogens is 316 g/mol. The molecule has 2 aromatic rings. The van der Waals surface area contributed by atoms with Crippen molar-refractivity contribution >= 4 is 23.1 Å². The Morgan fingerprint density at radius 2 is 1.83 bits per heavy atom. The molecule has 23 heavy (non-hydrogen) atoms. The summed E-state index contributed by atoms with van der Waals surface area (Å²) in [7, 11) is 0. The maximum absolute atomic E-state index is 12.0. The summed E-state index contributed by atoms with van der Waals surface area (Å²) in [6.45, 7) is 2.43. The van der Waals surface area contributed by atoms with E-state index in [0.29, 0.717) is 23.5 Å². The lowest BCUT2D eigenvalue weighted by atomic mass is 10.2. The standard InChI is InChI=1S/C16H16N2O4S/c1-2-22-12-6-3-10(4-7-12)15(21)17-18-16(23)13-8-5-11(19)9-14(13)20/h3-9,19-20H,2H2,1H3,(H,17,21)(H,18,23). The molecule has 2 rings (SSSR count). The number of thiocarbonyl (C=S) groups is 1.